The van der Waals surface area contributed by atoms with Crippen LogP contribution in [0.5, 0.6) is 0 Å². The lowest BCUT2D eigenvalue weighted by atomic mass is 10.1. The van der Waals surface area contributed by atoms with Gasteiger partial charge in [-0.15, -0.1) is 0 Å². The Morgan fingerprint density at radius 1 is 1.38 bits per heavy atom. The molecule has 0 saturated heterocycles. The molecule has 4 nitrogen and oxygen atoms in total. The maximum absolute atomic E-state index is 12.0. The van der Waals surface area contributed by atoms with Gasteiger partial charge in [0.15, 0.2) is 9.84 Å². The summed E-state index contributed by atoms with van der Waals surface area (Å²) >= 11 is 5.21. The molecule has 0 aliphatic carbocycles. The van der Waals surface area contributed by atoms with Gasteiger partial charge in [-0.05, 0) is 36.4 Å². The van der Waals surface area contributed by atoms with Crippen molar-refractivity contribution in [2.24, 2.45) is 0 Å². The Labute approximate surface area is 128 Å². The average molecular weight is 363 g/mol. The van der Waals surface area contributed by atoms with Crippen LogP contribution < -0.4 is 0 Å². The molecule has 0 aliphatic rings. The molecular formula is C11H10ClF3O4S2. The van der Waals surface area contributed by atoms with E-state index < -0.39 is 44.6 Å². The van der Waals surface area contributed by atoms with Crippen molar-refractivity contribution in [1.29, 1.82) is 0 Å². The molecule has 21 heavy (non-hydrogen) atoms. The zero-order chi connectivity index (χ0) is 16.4. The summed E-state index contributed by atoms with van der Waals surface area (Å²) in [5.41, 5.74) is -4.88. The molecule has 118 valence electrons. The molecule has 0 fully saturated rings. The summed E-state index contributed by atoms with van der Waals surface area (Å²) in [6.07, 6.45) is 0. The van der Waals surface area contributed by atoms with Crippen molar-refractivity contribution in [1.82, 2.24) is 0 Å². The van der Waals surface area contributed by atoms with Gasteiger partial charge in [-0.2, -0.15) is 13.2 Å². The Kier molecular flexibility index (Phi) is 5.57. The van der Waals surface area contributed by atoms with E-state index in [1.165, 1.54) is 6.92 Å². The van der Waals surface area contributed by atoms with Crippen molar-refractivity contribution in [3.63, 3.8) is 0 Å². The molecule has 1 aromatic carbocycles. The third-order valence-corrected chi connectivity index (χ3v) is 5.56. The van der Waals surface area contributed by atoms with Gasteiger partial charge < -0.3 is 5.11 Å². The van der Waals surface area contributed by atoms with Crippen LogP contribution in [0.25, 0.3) is 0 Å². The van der Waals surface area contributed by atoms with Crippen LogP contribution in [0.15, 0.2) is 17.0 Å². The van der Waals surface area contributed by atoms with E-state index >= 15 is 0 Å². The highest BCUT2D eigenvalue weighted by molar-refractivity contribution is 8.01. The minimum atomic E-state index is -4.52. The van der Waals surface area contributed by atoms with Crippen molar-refractivity contribution >= 4 is 39.2 Å². The highest BCUT2D eigenvalue weighted by Crippen LogP contribution is 2.31. The lowest BCUT2D eigenvalue weighted by molar-refractivity contribution is -0.0326. The number of benzene rings is 1. The van der Waals surface area contributed by atoms with Crippen LogP contribution in [0, 0.1) is 6.92 Å². The van der Waals surface area contributed by atoms with Crippen LogP contribution in [-0.4, -0.2) is 36.5 Å². The minimum absolute atomic E-state index is 0.0519. The molecule has 0 saturated carbocycles. The standard InChI is InChI=1S/C11H10ClF3O4S2/c1-6-8(10(16)17)4-7(12)5-9(6)21(18,19)3-2-20-11(13,14)15/h4-5H,2-3H2,1H3,(H,16,17). The van der Waals surface area contributed by atoms with E-state index in [1.807, 2.05) is 0 Å². The largest absolute Gasteiger partial charge is 0.478 e. The second-order valence-electron chi connectivity index (χ2n) is 3.99. The molecule has 1 rings (SSSR count). The SMILES string of the molecule is Cc1c(C(=O)O)cc(Cl)cc1S(=O)(=O)CCSC(F)(F)F. The van der Waals surface area contributed by atoms with Crippen LogP contribution in [0.1, 0.15) is 15.9 Å². The van der Waals surface area contributed by atoms with Gasteiger partial charge in [0.1, 0.15) is 0 Å². The Bertz CT molecular complexity index is 656. The van der Waals surface area contributed by atoms with Crippen LogP contribution in [-0.2, 0) is 9.84 Å². The van der Waals surface area contributed by atoms with E-state index in [1.54, 1.807) is 0 Å². The number of carbonyl (C=O) groups is 1. The molecule has 0 radical (unpaired) electrons. The number of alkyl halides is 3. The molecule has 0 spiro atoms. The number of hydrogen-bond acceptors (Lipinski definition) is 4. The number of carboxylic acids is 1. The number of rotatable bonds is 5. The van der Waals surface area contributed by atoms with Gasteiger partial charge in [0, 0.05) is 10.8 Å². The number of carboxylic acid groups (broad SMARTS) is 1. The van der Waals surface area contributed by atoms with E-state index in [4.69, 9.17) is 16.7 Å². The third kappa shape index (κ3) is 5.08. The van der Waals surface area contributed by atoms with Gasteiger partial charge in [-0.1, -0.05) is 11.6 Å². The first-order valence-electron chi connectivity index (χ1n) is 5.41. The fourth-order valence-electron chi connectivity index (χ4n) is 1.58. The Balaban J connectivity index is 3.12. The summed E-state index contributed by atoms with van der Waals surface area (Å²) in [5, 5.41) is 8.85. The van der Waals surface area contributed by atoms with Gasteiger partial charge in [0.05, 0.1) is 16.2 Å². The van der Waals surface area contributed by atoms with Crippen LogP contribution >= 0.6 is 23.4 Å². The summed E-state index contributed by atoms with van der Waals surface area (Å²) in [6.45, 7) is 1.27. The van der Waals surface area contributed by atoms with Gasteiger partial charge >= 0.3 is 11.5 Å². The van der Waals surface area contributed by atoms with Gasteiger partial charge in [-0.3, -0.25) is 0 Å². The smallest absolute Gasteiger partial charge is 0.441 e. The molecule has 0 heterocycles. The second-order valence-corrected chi connectivity index (χ2v) is 7.67. The summed E-state index contributed by atoms with van der Waals surface area (Å²) in [4.78, 5) is 10.6. The molecule has 10 heteroatoms. The average Bonchev–Trinajstić information content (AvgIpc) is 2.29. The molecule has 0 bridgehead atoms. The molecule has 1 N–H and O–H groups in total. The third-order valence-electron chi connectivity index (χ3n) is 2.51. The molecule has 0 amide bonds. The highest BCUT2D eigenvalue weighted by Gasteiger charge is 2.30. The Morgan fingerprint density at radius 3 is 2.43 bits per heavy atom. The van der Waals surface area contributed by atoms with Gasteiger partial charge in [0.2, 0.25) is 0 Å². The molecule has 1 aromatic rings. The van der Waals surface area contributed by atoms with E-state index in [2.05, 4.69) is 0 Å². The first kappa shape index (κ1) is 18.1. The van der Waals surface area contributed by atoms with E-state index in [9.17, 15) is 26.4 Å². The Morgan fingerprint density at radius 2 is 1.95 bits per heavy atom. The van der Waals surface area contributed by atoms with E-state index in [0.717, 1.165) is 12.1 Å². The predicted octanol–water partition coefficient (Wildman–Crippen LogP) is 3.37. The molecule has 0 atom stereocenters. The van der Waals surface area contributed by atoms with E-state index in [-0.39, 0.29) is 21.0 Å². The first-order chi connectivity index (χ1) is 9.44. The van der Waals surface area contributed by atoms with Crippen molar-refractivity contribution in [2.75, 3.05) is 11.5 Å². The van der Waals surface area contributed by atoms with Gasteiger partial charge in [-0.25, -0.2) is 13.2 Å². The number of thioether (sulfide) groups is 1. The fourth-order valence-corrected chi connectivity index (χ4v) is 4.40. The molecule has 0 unspecified atom stereocenters. The zero-order valence-electron chi connectivity index (χ0n) is 10.6. The maximum atomic E-state index is 12.0. The topological polar surface area (TPSA) is 71.4 Å². The summed E-state index contributed by atoms with van der Waals surface area (Å²) < 4.78 is 60.1. The van der Waals surface area contributed by atoms with Crippen LogP contribution in [0.4, 0.5) is 13.2 Å². The van der Waals surface area contributed by atoms with Crippen molar-refractivity contribution in [3.8, 4) is 0 Å². The fraction of sp³-hybridized carbons (Fsp3) is 0.364. The summed E-state index contributed by atoms with van der Waals surface area (Å²) in [5.74, 6) is -2.81. The molecule has 0 aromatic heterocycles. The van der Waals surface area contributed by atoms with E-state index in [0.29, 0.717) is 0 Å². The maximum Gasteiger partial charge on any atom is 0.441 e. The quantitative estimate of drug-likeness (QED) is 0.869. The number of aromatic carboxylic acids is 1. The monoisotopic (exact) mass is 362 g/mol. The normalized spacial score (nSPS) is 12.4. The van der Waals surface area contributed by atoms with Crippen molar-refractivity contribution in [2.45, 2.75) is 17.3 Å². The van der Waals surface area contributed by atoms with Crippen molar-refractivity contribution < 1.29 is 31.5 Å². The zero-order valence-corrected chi connectivity index (χ0v) is 13.0. The number of halogens is 4. The second kappa shape index (κ2) is 6.45. The summed E-state index contributed by atoms with van der Waals surface area (Å²) in [6, 6.07) is 2.12. The Hall–Kier alpha value is -0.930. The van der Waals surface area contributed by atoms with Gasteiger partial charge in [0.25, 0.3) is 0 Å². The number of sulfone groups is 1. The number of hydrogen-bond donors (Lipinski definition) is 1. The predicted molar refractivity (Wildman–Crippen MR) is 73.7 cm³/mol. The molecular weight excluding hydrogens is 353 g/mol. The van der Waals surface area contributed by atoms with Crippen LogP contribution in [0.3, 0.4) is 0 Å². The lowest BCUT2D eigenvalue weighted by Gasteiger charge is -2.11. The highest BCUT2D eigenvalue weighted by atomic mass is 35.5. The molecule has 0 aliphatic heterocycles. The summed E-state index contributed by atoms with van der Waals surface area (Å²) in [7, 11) is -4.06. The minimum Gasteiger partial charge on any atom is -0.478 e. The van der Waals surface area contributed by atoms with Crippen LogP contribution in [0.2, 0.25) is 5.02 Å². The van der Waals surface area contributed by atoms with Crippen molar-refractivity contribution in [3.05, 3.63) is 28.3 Å². The first-order valence-corrected chi connectivity index (χ1v) is 8.42. The lowest BCUT2D eigenvalue weighted by Crippen LogP contribution is -2.15.